The number of anilines is 2. The van der Waals surface area contributed by atoms with Crippen molar-refractivity contribution in [2.24, 2.45) is 5.73 Å². The molecule has 0 aliphatic carbocycles. The zero-order valence-corrected chi connectivity index (χ0v) is 26.6. The Kier molecular flexibility index (Phi) is 10.5. The van der Waals surface area contributed by atoms with Crippen molar-refractivity contribution in [2.45, 2.75) is 20.3 Å². The lowest BCUT2D eigenvalue weighted by Crippen LogP contribution is -2.02. The number of fused-ring (bicyclic) bond motifs is 2. The molecule has 3 heteroatoms. The predicted molar refractivity (Wildman–Crippen MR) is 202 cm³/mol. The fourth-order valence-electron chi connectivity index (χ4n) is 5.44. The van der Waals surface area contributed by atoms with E-state index >= 15 is 0 Å². The van der Waals surface area contributed by atoms with Crippen LogP contribution in [0, 0.1) is 0 Å². The van der Waals surface area contributed by atoms with Crippen LogP contribution in [0.5, 0.6) is 0 Å². The Morgan fingerprint density at radius 1 is 0.761 bits per heavy atom. The van der Waals surface area contributed by atoms with Gasteiger partial charge in [-0.3, -0.25) is 0 Å². The van der Waals surface area contributed by atoms with E-state index in [-0.39, 0.29) is 0 Å². The first-order valence-corrected chi connectivity index (χ1v) is 15.6. The number of rotatable bonds is 12. The predicted octanol–water partition coefficient (Wildman–Crippen LogP) is 11.3. The number of allylic oxidation sites excluding steroid dienone is 9. The van der Waals surface area contributed by atoms with Crippen molar-refractivity contribution in [2.75, 3.05) is 5.32 Å². The van der Waals surface area contributed by atoms with Gasteiger partial charge in [0, 0.05) is 34.5 Å². The first-order chi connectivity index (χ1) is 22.5. The summed E-state index contributed by atoms with van der Waals surface area (Å²) in [6.45, 7) is 12.3. The van der Waals surface area contributed by atoms with Gasteiger partial charge < -0.3 is 16.4 Å². The van der Waals surface area contributed by atoms with Crippen LogP contribution in [0.1, 0.15) is 37.0 Å². The largest absolute Gasteiger partial charge is 0.398 e. The molecule has 0 saturated heterocycles. The number of nitrogens with two attached hydrogens (primary N) is 1. The van der Waals surface area contributed by atoms with Gasteiger partial charge in [-0.15, -0.1) is 0 Å². The third-order valence-corrected chi connectivity index (χ3v) is 7.99. The Morgan fingerprint density at radius 3 is 2.24 bits per heavy atom. The van der Waals surface area contributed by atoms with Crippen molar-refractivity contribution in [3.05, 3.63) is 187 Å². The van der Waals surface area contributed by atoms with Gasteiger partial charge in [-0.05, 0) is 88.8 Å². The highest BCUT2D eigenvalue weighted by atomic mass is 14.9. The van der Waals surface area contributed by atoms with Gasteiger partial charge in [-0.1, -0.05) is 128 Å². The Balaban J connectivity index is 1.45. The molecule has 0 spiro atoms. The molecule has 5 aromatic rings. The number of hydrogen-bond acceptors (Lipinski definition) is 3. The average Bonchev–Trinajstić information content (AvgIpc) is 3.09. The quantitative estimate of drug-likeness (QED) is 0.125. The summed E-state index contributed by atoms with van der Waals surface area (Å²) in [6.07, 6.45) is 16.9. The van der Waals surface area contributed by atoms with Crippen molar-refractivity contribution in [1.29, 1.82) is 0 Å². The van der Waals surface area contributed by atoms with E-state index < -0.39 is 0 Å². The molecule has 46 heavy (non-hydrogen) atoms. The van der Waals surface area contributed by atoms with Crippen molar-refractivity contribution in [3.63, 3.8) is 0 Å². The minimum absolute atomic E-state index is 0.707. The first-order valence-electron chi connectivity index (χ1n) is 15.6. The topological polar surface area (TPSA) is 50.1 Å². The van der Waals surface area contributed by atoms with Crippen molar-refractivity contribution in [3.8, 4) is 0 Å². The number of benzene rings is 5. The summed E-state index contributed by atoms with van der Waals surface area (Å²) in [6, 6.07) is 35.9. The molecule has 0 aliphatic heterocycles. The molecule has 0 heterocycles. The van der Waals surface area contributed by atoms with E-state index in [2.05, 4.69) is 140 Å². The molecule has 0 atom stereocenters. The van der Waals surface area contributed by atoms with Crippen LogP contribution in [-0.4, -0.2) is 0 Å². The Hall–Kier alpha value is -5.80. The van der Waals surface area contributed by atoms with Crippen LogP contribution in [0.3, 0.4) is 0 Å². The van der Waals surface area contributed by atoms with Gasteiger partial charge >= 0.3 is 0 Å². The molecule has 228 valence electrons. The highest BCUT2D eigenvalue weighted by Crippen LogP contribution is 2.36. The van der Waals surface area contributed by atoms with E-state index in [1.54, 1.807) is 6.20 Å². The van der Waals surface area contributed by atoms with E-state index in [1.165, 1.54) is 16.3 Å². The molecule has 3 nitrogen and oxygen atoms in total. The first kappa shape index (κ1) is 31.6. The Bertz CT molecular complexity index is 2020. The number of nitrogens with one attached hydrogen (secondary N) is 2. The Morgan fingerprint density at radius 2 is 1.48 bits per heavy atom. The summed E-state index contributed by atoms with van der Waals surface area (Å²) in [4.78, 5) is 0. The summed E-state index contributed by atoms with van der Waals surface area (Å²) in [7, 11) is 0. The van der Waals surface area contributed by atoms with E-state index in [1.807, 2.05) is 43.4 Å². The zero-order chi connectivity index (χ0) is 32.3. The summed E-state index contributed by atoms with van der Waals surface area (Å²) >= 11 is 0. The normalized spacial score (nSPS) is 12.7. The molecule has 5 aromatic carbocycles. The van der Waals surface area contributed by atoms with E-state index in [0.29, 0.717) is 5.70 Å². The standard InChI is InChI=1S/C43H41N3/c1-5-32(35-24-23-33-15-11-12-16-34(33)29-35)22-21-31(4)40-27-25-36-30-37(42(44)20-14-13-17-38(6-2)45-7-3)26-28-41(36)43(40)46-39-18-9-8-10-19-39/h5-16,18-30,45-46H,3-4,17,44H2,1-2H3/b14-13-,22-21-,32-5+,38-6-,42-20-. The lowest BCUT2D eigenvalue weighted by atomic mass is 9.95. The average molecular weight is 600 g/mol. The number of para-hydroxylation sites is 1. The molecule has 0 saturated carbocycles. The minimum atomic E-state index is 0.707. The molecule has 4 N–H and O–H groups in total. The second-order valence-electron chi connectivity index (χ2n) is 11.0. The SMILES string of the molecule is C=CN/C(=C\C)C/C=C\C=C(/N)c1ccc2c(Nc3ccccc3)c(C(=C)/C=C\C(=C/C)c3ccc4ccccc4c3)ccc2c1. The monoisotopic (exact) mass is 599 g/mol. The zero-order valence-electron chi connectivity index (χ0n) is 26.6. The van der Waals surface area contributed by atoms with Crippen LogP contribution in [0.25, 0.3) is 38.4 Å². The van der Waals surface area contributed by atoms with Gasteiger partial charge in [0.25, 0.3) is 0 Å². The maximum absolute atomic E-state index is 6.51. The maximum atomic E-state index is 6.51. The molecule has 0 amide bonds. The fraction of sp³-hybridized carbons (Fsp3) is 0.0698. The van der Waals surface area contributed by atoms with Crippen LogP contribution in [0.4, 0.5) is 11.4 Å². The van der Waals surface area contributed by atoms with E-state index in [0.717, 1.165) is 56.5 Å². The molecule has 0 bridgehead atoms. The smallest absolute Gasteiger partial charge is 0.0543 e. The van der Waals surface area contributed by atoms with E-state index in [4.69, 9.17) is 5.73 Å². The molecule has 0 radical (unpaired) electrons. The van der Waals surface area contributed by atoms with Crippen molar-refractivity contribution in [1.82, 2.24) is 5.32 Å². The lowest BCUT2D eigenvalue weighted by Gasteiger charge is -2.17. The van der Waals surface area contributed by atoms with Crippen LogP contribution in [0.2, 0.25) is 0 Å². The second-order valence-corrected chi connectivity index (χ2v) is 11.0. The minimum Gasteiger partial charge on any atom is -0.398 e. The van der Waals surface area contributed by atoms with Crippen LogP contribution in [-0.2, 0) is 0 Å². The molecule has 0 fully saturated rings. The van der Waals surface area contributed by atoms with Gasteiger partial charge in [0.2, 0.25) is 0 Å². The number of hydrogen-bond donors (Lipinski definition) is 3. The van der Waals surface area contributed by atoms with E-state index in [9.17, 15) is 0 Å². The van der Waals surface area contributed by atoms with Crippen LogP contribution < -0.4 is 16.4 Å². The van der Waals surface area contributed by atoms with Crippen LogP contribution in [0.15, 0.2) is 171 Å². The van der Waals surface area contributed by atoms with Gasteiger partial charge in [0.05, 0.1) is 5.69 Å². The Labute approximate surface area is 273 Å². The van der Waals surface area contributed by atoms with Gasteiger partial charge in [0.15, 0.2) is 0 Å². The molecular formula is C43H41N3. The third-order valence-electron chi connectivity index (χ3n) is 7.99. The molecule has 0 unspecified atom stereocenters. The third kappa shape index (κ3) is 7.64. The molecule has 0 aromatic heterocycles. The summed E-state index contributed by atoms with van der Waals surface area (Å²) in [5.74, 6) is 0. The molecule has 0 aliphatic rings. The van der Waals surface area contributed by atoms with Crippen molar-refractivity contribution < 1.29 is 0 Å². The highest BCUT2D eigenvalue weighted by molar-refractivity contribution is 6.03. The second kappa shape index (κ2) is 15.3. The van der Waals surface area contributed by atoms with Crippen LogP contribution >= 0.6 is 0 Å². The highest BCUT2D eigenvalue weighted by Gasteiger charge is 2.12. The summed E-state index contributed by atoms with van der Waals surface area (Å²) in [5, 5.41) is 11.5. The molecular weight excluding hydrogens is 558 g/mol. The summed E-state index contributed by atoms with van der Waals surface area (Å²) in [5.41, 5.74) is 15.6. The van der Waals surface area contributed by atoms with Gasteiger partial charge in [-0.2, -0.15) is 0 Å². The lowest BCUT2D eigenvalue weighted by molar-refractivity contribution is 0.990. The van der Waals surface area contributed by atoms with Gasteiger partial charge in [-0.25, -0.2) is 0 Å². The van der Waals surface area contributed by atoms with Crippen molar-refractivity contribution >= 4 is 49.8 Å². The maximum Gasteiger partial charge on any atom is 0.0543 e. The molecule has 5 rings (SSSR count). The summed E-state index contributed by atoms with van der Waals surface area (Å²) < 4.78 is 0. The fourth-order valence-corrected chi connectivity index (χ4v) is 5.44. The van der Waals surface area contributed by atoms with Gasteiger partial charge in [0.1, 0.15) is 0 Å².